The van der Waals surface area contributed by atoms with Gasteiger partial charge < -0.3 is 35.2 Å². The fourth-order valence-electron chi connectivity index (χ4n) is 5.24. The van der Waals surface area contributed by atoms with Crippen molar-refractivity contribution in [2.75, 3.05) is 72.0 Å². The first-order chi connectivity index (χ1) is 23.1. The highest BCUT2D eigenvalue weighted by Crippen LogP contribution is 2.23. The Hall–Kier alpha value is -1.76. The summed E-state index contributed by atoms with van der Waals surface area (Å²) in [6, 6.07) is 17.2. The summed E-state index contributed by atoms with van der Waals surface area (Å²) in [4.78, 5) is 2.09. The van der Waals surface area contributed by atoms with Crippen LogP contribution in [-0.2, 0) is 36.6 Å². The lowest BCUT2D eigenvalue weighted by atomic mass is 10.1. The van der Waals surface area contributed by atoms with Crippen molar-refractivity contribution in [1.82, 2.24) is 10.2 Å². The van der Waals surface area contributed by atoms with Crippen LogP contribution in [0, 0.1) is 0 Å². The van der Waals surface area contributed by atoms with E-state index >= 15 is 0 Å². The maximum Gasteiger partial charge on any atom is 0.264 e. The topological polar surface area (TPSA) is 158 Å². The summed E-state index contributed by atoms with van der Waals surface area (Å²) in [5.41, 5.74) is 2.53. The molecule has 2 aliphatic rings. The third-order valence-corrected chi connectivity index (χ3v) is 10.3. The van der Waals surface area contributed by atoms with Gasteiger partial charge in [-0.3, -0.25) is 9.08 Å². The lowest BCUT2D eigenvalue weighted by Crippen LogP contribution is -2.24. The van der Waals surface area contributed by atoms with Crippen molar-refractivity contribution in [1.29, 1.82) is 0 Å². The molecule has 2 aliphatic heterocycles. The predicted molar refractivity (Wildman–Crippen MR) is 199 cm³/mol. The van der Waals surface area contributed by atoms with Gasteiger partial charge in [0.25, 0.3) is 10.1 Å². The Morgan fingerprint density at radius 2 is 1.24 bits per heavy atom. The number of ether oxygens (including phenoxy) is 2. The molecule has 4 aromatic rings. The van der Waals surface area contributed by atoms with Crippen molar-refractivity contribution in [3.8, 4) is 0 Å². The maximum absolute atomic E-state index is 10.7. The molecule has 0 saturated carbocycles. The van der Waals surface area contributed by atoms with E-state index < -0.39 is 34.5 Å². The number of aliphatic hydroxyl groups is 4. The largest absolute Gasteiger partial charge is 0.389 e. The van der Waals surface area contributed by atoms with Gasteiger partial charge >= 0.3 is 0 Å². The van der Waals surface area contributed by atoms with Gasteiger partial charge in [0, 0.05) is 48.7 Å². The maximum atomic E-state index is 10.7. The molecule has 0 bridgehead atoms. The highest BCUT2D eigenvalue weighted by molar-refractivity contribution is 7.85. The van der Waals surface area contributed by atoms with Crippen LogP contribution in [-0.4, -0.2) is 130 Å². The molecular weight excluding hydrogens is 712 g/mol. The number of aliphatic hydroxyl groups excluding tert-OH is 4. The van der Waals surface area contributed by atoms with Crippen molar-refractivity contribution >= 4 is 65.4 Å². The zero-order valence-corrected chi connectivity index (χ0v) is 31.0. The van der Waals surface area contributed by atoms with Crippen molar-refractivity contribution in [3.05, 3.63) is 70.4 Å². The molecule has 0 amide bonds. The van der Waals surface area contributed by atoms with Gasteiger partial charge in [0.1, 0.15) is 0 Å². The smallest absolute Gasteiger partial charge is 0.264 e. The molecule has 15 heteroatoms. The third kappa shape index (κ3) is 15.2. The van der Waals surface area contributed by atoms with Crippen LogP contribution in [0.15, 0.2) is 59.3 Å². The second kappa shape index (κ2) is 21.6. The Labute approximate surface area is 303 Å². The average Bonchev–Trinajstić information content (AvgIpc) is 3.86. The van der Waals surface area contributed by atoms with E-state index in [1.54, 1.807) is 22.7 Å². The quantitative estimate of drug-likeness (QED) is 0.0951. The van der Waals surface area contributed by atoms with Crippen molar-refractivity contribution in [2.45, 2.75) is 43.7 Å². The molecule has 4 heterocycles. The lowest BCUT2D eigenvalue weighted by Gasteiger charge is -2.14. The number of halogens is 1. The number of benzene rings is 2. The Kier molecular flexibility index (Phi) is 18.3. The fraction of sp³-hybridized carbons (Fsp3) is 0.529. The molecule has 0 spiro atoms. The monoisotopic (exact) mass is 760 g/mol. The summed E-state index contributed by atoms with van der Waals surface area (Å²) >= 11 is 3.50. The second-order valence-corrected chi connectivity index (χ2v) is 15.4. The molecule has 0 radical (unpaired) electrons. The molecule has 2 aromatic carbocycles. The number of hydrogen-bond acceptors (Lipinski definition) is 13. The minimum atomic E-state index is -3.36. The minimum Gasteiger partial charge on any atom is -0.389 e. The zero-order chi connectivity index (χ0) is 34.4. The standard InChI is InChI=1S/C17H23NO3S.C13H16O4S2.C4H9NO2.ClH/c19-15-11-18(12-16(15)20)6-1-7-21-8-4-13-2-3-17-14(10-13)5-9-22-17;1-19(14,15)17-8-7-16-6-4-11-2-3-13-12(10-11)5-9-18-13;6-3-1-5-2-4(3)7;/h2-3,5,9-10,15-16,19-20H,1,4,6-8,11-12H2;2-3,5,9-10H,4,6-8H2,1H3;3-7H,1-2H2;1H/t15-,16+;;3-,4+;. The highest BCUT2D eigenvalue weighted by atomic mass is 35.5. The van der Waals surface area contributed by atoms with Crippen LogP contribution in [0.2, 0.25) is 0 Å². The van der Waals surface area contributed by atoms with Crippen LogP contribution in [0.1, 0.15) is 17.5 Å². The molecule has 4 atom stereocenters. The molecule has 6 rings (SSSR count). The Bertz CT molecular complexity index is 1600. The Morgan fingerprint density at radius 3 is 1.71 bits per heavy atom. The van der Waals surface area contributed by atoms with E-state index in [0.29, 0.717) is 32.8 Å². The molecule has 2 aromatic heterocycles. The van der Waals surface area contributed by atoms with Gasteiger partial charge in [0.2, 0.25) is 0 Å². The fourth-order valence-corrected chi connectivity index (χ4v) is 7.16. The van der Waals surface area contributed by atoms with Gasteiger partial charge in [-0.2, -0.15) is 8.42 Å². The minimum absolute atomic E-state index is 0. The molecule has 2 saturated heterocycles. The first kappa shape index (κ1) is 41.7. The van der Waals surface area contributed by atoms with Crippen molar-refractivity contribution in [2.24, 2.45) is 0 Å². The molecule has 274 valence electrons. The number of β-amino-alcohol motifs (C(OH)–C–C–N with tert-alkyl or cyclic N) is 4. The van der Waals surface area contributed by atoms with Gasteiger partial charge in [-0.1, -0.05) is 24.3 Å². The number of nitrogens with zero attached hydrogens (tertiary/aromatic N) is 1. The molecule has 0 aliphatic carbocycles. The predicted octanol–water partition coefficient (Wildman–Crippen LogP) is 3.06. The Morgan fingerprint density at radius 1 is 0.735 bits per heavy atom. The number of fused-ring (bicyclic) bond motifs is 2. The van der Waals surface area contributed by atoms with Crippen LogP contribution in [0.3, 0.4) is 0 Å². The summed E-state index contributed by atoms with van der Waals surface area (Å²) in [6.07, 6.45) is 1.45. The number of hydrogen-bond donors (Lipinski definition) is 5. The van der Waals surface area contributed by atoms with Crippen molar-refractivity contribution in [3.63, 3.8) is 0 Å². The molecule has 2 fully saturated rings. The number of thiophene rings is 2. The summed E-state index contributed by atoms with van der Waals surface area (Å²) < 4.78 is 39.6. The van der Waals surface area contributed by atoms with E-state index in [4.69, 9.17) is 19.7 Å². The molecule has 5 N–H and O–H groups in total. The average molecular weight is 761 g/mol. The number of likely N-dealkylation sites (tertiary alicyclic amines) is 1. The molecule has 0 unspecified atom stereocenters. The van der Waals surface area contributed by atoms with Gasteiger partial charge in [-0.15, -0.1) is 35.1 Å². The number of rotatable bonds is 14. The highest BCUT2D eigenvalue weighted by Gasteiger charge is 2.28. The van der Waals surface area contributed by atoms with E-state index in [9.17, 15) is 18.6 Å². The van der Waals surface area contributed by atoms with E-state index in [-0.39, 0.29) is 25.6 Å². The van der Waals surface area contributed by atoms with Crippen molar-refractivity contribution < 1.29 is 42.5 Å². The van der Waals surface area contributed by atoms with Gasteiger partial charge in [0.15, 0.2) is 0 Å². The SMILES string of the molecule is CS(=O)(=O)OCCOCCc1ccc2sccc2c1.Cl.O[C@@H]1CN(CCCOCCc2ccc3sccc3c2)C[C@@H]1O.O[C@@H]1CNC[C@@H]1O. The number of nitrogens with one attached hydrogen (secondary N) is 1. The van der Waals surface area contributed by atoms with Gasteiger partial charge in [-0.25, -0.2) is 0 Å². The van der Waals surface area contributed by atoms with Crippen LogP contribution in [0.4, 0.5) is 0 Å². The molecule has 49 heavy (non-hydrogen) atoms. The lowest BCUT2D eigenvalue weighted by molar-refractivity contribution is 0.0572. The van der Waals surface area contributed by atoms with Crippen LogP contribution in [0.5, 0.6) is 0 Å². The van der Waals surface area contributed by atoms with Gasteiger partial charge in [-0.05, 0) is 76.2 Å². The van der Waals surface area contributed by atoms with E-state index in [2.05, 4.69) is 73.7 Å². The summed E-state index contributed by atoms with van der Waals surface area (Å²) in [7, 11) is -3.36. The Balaban J connectivity index is 0.000000220. The van der Waals surface area contributed by atoms with E-state index in [1.165, 1.54) is 31.3 Å². The van der Waals surface area contributed by atoms with Gasteiger partial charge in [0.05, 0.1) is 57.1 Å². The molecule has 11 nitrogen and oxygen atoms in total. The van der Waals surface area contributed by atoms with Crippen LogP contribution < -0.4 is 5.32 Å². The first-order valence-electron chi connectivity index (χ1n) is 16.1. The van der Waals surface area contributed by atoms with E-state index in [0.717, 1.165) is 45.3 Å². The summed E-state index contributed by atoms with van der Waals surface area (Å²) in [5, 5.41) is 45.9. The van der Waals surface area contributed by atoms with Crippen LogP contribution in [0.25, 0.3) is 20.2 Å². The first-order valence-corrected chi connectivity index (χ1v) is 19.7. The third-order valence-electron chi connectivity index (χ3n) is 7.88. The van der Waals surface area contributed by atoms with Crippen LogP contribution >= 0.6 is 35.1 Å². The van der Waals surface area contributed by atoms with E-state index in [1.807, 2.05) is 0 Å². The summed E-state index contributed by atoms with van der Waals surface area (Å²) in [5.74, 6) is 0. The molecular formula is C34H49ClN2O9S3. The summed E-state index contributed by atoms with van der Waals surface area (Å²) in [6.45, 7) is 5.45. The normalized spacial score (nSPS) is 20.8. The zero-order valence-electron chi connectivity index (χ0n) is 27.7. The second-order valence-electron chi connectivity index (χ2n) is 11.9.